The smallest absolute Gasteiger partial charge is 0.328 e. The van der Waals surface area contributed by atoms with Crippen molar-refractivity contribution in [3.05, 3.63) is 113 Å². The number of fused-ring (bicyclic) bond motifs is 1. The standard InChI is InChI=1S/C31H31N3O2/c1-4-23-7-5-6-8-29(23)34-21(2)17-26-18-25(27-19-32-33(3)20-27)14-15-28(26)31(34)24-12-9-22(10-13-24)11-16-30(35)36/h5-16,18-21,31H,4,17H2,1-3H3,(H,35,36)/t21-,31+/m1/s1. The fourth-order valence-corrected chi connectivity index (χ4v) is 5.36. The van der Waals surface area contributed by atoms with Crippen molar-refractivity contribution >= 4 is 17.7 Å². The molecule has 0 unspecified atom stereocenters. The lowest BCUT2D eigenvalue weighted by molar-refractivity contribution is -0.131. The van der Waals surface area contributed by atoms with Gasteiger partial charge in [-0.15, -0.1) is 0 Å². The molecule has 0 amide bonds. The Morgan fingerprint density at radius 2 is 1.86 bits per heavy atom. The second-order valence-corrected chi connectivity index (χ2v) is 9.50. The Labute approximate surface area is 212 Å². The number of carboxylic acids is 1. The topological polar surface area (TPSA) is 58.4 Å². The fourth-order valence-electron chi connectivity index (χ4n) is 5.36. The minimum absolute atomic E-state index is 0.0527. The monoisotopic (exact) mass is 477 g/mol. The van der Waals surface area contributed by atoms with Crippen molar-refractivity contribution in [2.45, 2.75) is 38.8 Å². The van der Waals surface area contributed by atoms with Gasteiger partial charge >= 0.3 is 5.97 Å². The van der Waals surface area contributed by atoms with Crippen molar-refractivity contribution < 1.29 is 9.90 Å². The molecule has 5 rings (SSSR count). The number of para-hydroxylation sites is 1. The first-order valence-electron chi connectivity index (χ1n) is 12.4. The van der Waals surface area contributed by atoms with Gasteiger partial charge in [-0.3, -0.25) is 4.68 Å². The number of hydrogen-bond donors (Lipinski definition) is 1. The second-order valence-electron chi connectivity index (χ2n) is 9.50. The van der Waals surface area contributed by atoms with Gasteiger partial charge in [-0.1, -0.05) is 67.6 Å². The van der Waals surface area contributed by atoms with Crippen LogP contribution in [0.3, 0.4) is 0 Å². The molecule has 0 bridgehead atoms. The molecule has 3 aromatic carbocycles. The maximum Gasteiger partial charge on any atom is 0.328 e. The Bertz CT molecular complexity index is 1420. The zero-order valence-electron chi connectivity index (χ0n) is 20.9. The molecule has 0 radical (unpaired) electrons. The number of anilines is 1. The molecule has 5 nitrogen and oxygen atoms in total. The third kappa shape index (κ3) is 4.57. The number of hydrogen-bond acceptors (Lipinski definition) is 3. The number of aliphatic carboxylic acids is 1. The number of carboxylic acid groups (broad SMARTS) is 1. The average molecular weight is 478 g/mol. The molecule has 182 valence electrons. The third-order valence-electron chi connectivity index (χ3n) is 7.07. The number of rotatable bonds is 6. The summed E-state index contributed by atoms with van der Waals surface area (Å²) in [7, 11) is 1.94. The Balaban J connectivity index is 1.63. The zero-order chi connectivity index (χ0) is 25.2. The van der Waals surface area contributed by atoms with Gasteiger partial charge in [0.05, 0.1) is 12.2 Å². The van der Waals surface area contributed by atoms with Crippen molar-refractivity contribution in [2.75, 3.05) is 4.90 Å². The largest absolute Gasteiger partial charge is 0.478 e. The van der Waals surface area contributed by atoms with E-state index in [0.717, 1.165) is 24.0 Å². The predicted molar refractivity (Wildman–Crippen MR) is 145 cm³/mol. The highest BCUT2D eigenvalue weighted by Gasteiger charge is 2.34. The van der Waals surface area contributed by atoms with Crippen molar-refractivity contribution in [2.24, 2.45) is 7.05 Å². The second kappa shape index (κ2) is 9.86. The van der Waals surface area contributed by atoms with E-state index in [2.05, 4.69) is 84.6 Å². The first kappa shape index (κ1) is 23.6. The normalized spacial score (nSPS) is 17.4. The van der Waals surface area contributed by atoms with Crippen LogP contribution in [-0.4, -0.2) is 26.9 Å². The summed E-state index contributed by atoms with van der Waals surface area (Å²) in [6.45, 7) is 4.52. The SMILES string of the molecule is CCc1ccccc1N1[C@@H](c2ccc(C=CC(=O)O)cc2)c2ccc(-c3cnn(C)c3)cc2C[C@H]1C. The quantitative estimate of drug-likeness (QED) is 0.332. The van der Waals surface area contributed by atoms with Crippen LogP contribution in [0.15, 0.2) is 85.2 Å². The molecule has 5 heteroatoms. The summed E-state index contributed by atoms with van der Waals surface area (Å²) < 4.78 is 1.84. The summed E-state index contributed by atoms with van der Waals surface area (Å²) in [6, 6.07) is 24.1. The number of carbonyl (C=O) groups is 1. The van der Waals surface area contributed by atoms with Gasteiger partial charge in [0.15, 0.2) is 0 Å². The molecule has 0 spiro atoms. The van der Waals surface area contributed by atoms with Gasteiger partial charge < -0.3 is 10.0 Å². The third-order valence-corrected chi connectivity index (χ3v) is 7.07. The van der Waals surface area contributed by atoms with Gasteiger partial charge in [-0.2, -0.15) is 5.10 Å². The summed E-state index contributed by atoms with van der Waals surface area (Å²) in [6.07, 6.45) is 8.71. The van der Waals surface area contributed by atoms with E-state index in [-0.39, 0.29) is 6.04 Å². The maximum absolute atomic E-state index is 11.0. The molecule has 1 N–H and O–H groups in total. The molecule has 1 aliphatic rings. The molecule has 0 fully saturated rings. The molecular weight excluding hydrogens is 446 g/mol. The van der Waals surface area contributed by atoms with Gasteiger partial charge in [0.25, 0.3) is 0 Å². The van der Waals surface area contributed by atoms with Crippen molar-refractivity contribution in [1.29, 1.82) is 0 Å². The molecule has 2 heterocycles. The van der Waals surface area contributed by atoms with E-state index >= 15 is 0 Å². The van der Waals surface area contributed by atoms with E-state index < -0.39 is 5.97 Å². The molecular formula is C31H31N3O2. The molecule has 0 saturated carbocycles. The van der Waals surface area contributed by atoms with E-state index in [1.54, 1.807) is 6.08 Å². The Morgan fingerprint density at radius 3 is 2.56 bits per heavy atom. The zero-order valence-corrected chi connectivity index (χ0v) is 20.9. The first-order valence-corrected chi connectivity index (χ1v) is 12.4. The molecule has 1 aromatic heterocycles. The maximum atomic E-state index is 11.0. The first-order chi connectivity index (χ1) is 17.4. The molecule has 0 saturated heterocycles. The molecule has 1 aliphatic heterocycles. The Kier molecular flexibility index (Phi) is 6.47. The lowest BCUT2D eigenvalue weighted by Gasteiger charge is -2.45. The minimum Gasteiger partial charge on any atom is -0.478 e. The van der Waals surface area contributed by atoms with E-state index in [4.69, 9.17) is 5.11 Å². The highest BCUT2D eigenvalue weighted by molar-refractivity contribution is 5.85. The van der Waals surface area contributed by atoms with Crippen LogP contribution in [0, 0.1) is 0 Å². The van der Waals surface area contributed by atoms with Crippen LogP contribution in [0.1, 0.15) is 47.7 Å². The van der Waals surface area contributed by atoms with Crippen LogP contribution in [-0.2, 0) is 24.7 Å². The van der Waals surface area contributed by atoms with Gasteiger partial charge in [0.2, 0.25) is 0 Å². The lowest BCUT2D eigenvalue weighted by atomic mass is 9.82. The number of nitrogens with zero attached hydrogens (tertiary/aromatic N) is 3. The minimum atomic E-state index is -0.944. The van der Waals surface area contributed by atoms with Gasteiger partial charge in [0.1, 0.15) is 0 Å². The summed E-state index contributed by atoms with van der Waals surface area (Å²) in [5.74, 6) is -0.944. The van der Waals surface area contributed by atoms with Crippen LogP contribution < -0.4 is 4.90 Å². The summed E-state index contributed by atoms with van der Waals surface area (Å²) >= 11 is 0. The van der Waals surface area contributed by atoms with Crippen LogP contribution >= 0.6 is 0 Å². The van der Waals surface area contributed by atoms with Gasteiger partial charge in [-0.05, 0) is 65.3 Å². The van der Waals surface area contributed by atoms with Gasteiger partial charge in [-0.25, -0.2) is 4.79 Å². The van der Waals surface area contributed by atoms with Gasteiger partial charge in [0, 0.05) is 36.6 Å². The molecule has 36 heavy (non-hydrogen) atoms. The summed E-state index contributed by atoms with van der Waals surface area (Å²) in [4.78, 5) is 13.5. The lowest BCUT2D eigenvalue weighted by Crippen LogP contribution is -2.43. The van der Waals surface area contributed by atoms with Crippen molar-refractivity contribution in [1.82, 2.24) is 9.78 Å². The van der Waals surface area contributed by atoms with Crippen molar-refractivity contribution in [3.63, 3.8) is 0 Å². The number of aromatic nitrogens is 2. The Morgan fingerprint density at radius 1 is 1.08 bits per heavy atom. The highest BCUT2D eigenvalue weighted by atomic mass is 16.4. The van der Waals surface area contributed by atoms with Crippen LogP contribution in [0.4, 0.5) is 5.69 Å². The molecule has 2 atom stereocenters. The predicted octanol–water partition coefficient (Wildman–Crippen LogP) is 6.29. The summed E-state index contributed by atoms with van der Waals surface area (Å²) in [5, 5.41) is 13.3. The fraction of sp³-hybridized carbons (Fsp3) is 0.226. The highest BCUT2D eigenvalue weighted by Crippen LogP contribution is 2.43. The van der Waals surface area contributed by atoms with E-state index in [1.807, 2.05) is 30.1 Å². The van der Waals surface area contributed by atoms with Crippen LogP contribution in [0.2, 0.25) is 0 Å². The van der Waals surface area contributed by atoms with Crippen LogP contribution in [0.5, 0.6) is 0 Å². The number of aryl methyl sites for hydroxylation is 2. The van der Waals surface area contributed by atoms with Crippen LogP contribution in [0.25, 0.3) is 17.2 Å². The van der Waals surface area contributed by atoms with E-state index in [0.29, 0.717) is 6.04 Å². The van der Waals surface area contributed by atoms with E-state index in [9.17, 15) is 4.79 Å². The molecule has 0 aliphatic carbocycles. The summed E-state index contributed by atoms with van der Waals surface area (Å²) in [5.41, 5.74) is 9.64. The van der Waals surface area contributed by atoms with Crippen molar-refractivity contribution in [3.8, 4) is 11.1 Å². The number of benzene rings is 3. The Hall–Kier alpha value is -4.12. The molecule has 4 aromatic rings. The average Bonchev–Trinajstić information content (AvgIpc) is 3.33. The van der Waals surface area contributed by atoms with E-state index in [1.165, 1.54) is 39.6 Å².